The predicted octanol–water partition coefficient (Wildman–Crippen LogP) is 6.55. The lowest BCUT2D eigenvalue weighted by Crippen LogP contribution is -2.47. The fraction of sp³-hybridized carbons (Fsp3) is 1.00. The fourth-order valence-electron chi connectivity index (χ4n) is 10.2. The lowest BCUT2D eigenvalue weighted by atomic mass is 9.51. The molecule has 10 unspecified atom stereocenters. The molecule has 0 spiro atoms. The lowest BCUT2D eigenvalue weighted by Gasteiger charge is -2.54. The quantitative estimate of drug-likeness (QED) is 0.516. The Morgan fingerprint density at radius 2 is 1.54 bits per heavy atom. The molecule has 0 heterocycles. The van der Waals surface area contributed by atoms with Crippen molar-refractivity contribution in [1.82, 2.24) is 0 Å². The Morgan fingerprint density at radius 1 is 0.792 bits per heavy atom. The van der Waals surface area contributed by atoms with E-state index < -0.39 is 0 Å². The van der Waals surface area contributed by atoms with Gasteiger partial charge in [0, 0.05) is 0 Å². The van der Waals surface area contributed by atoms with Crippen molar-refractivity contribution in [2.24, 2.45) is 64.1 Å². The maximum atomic E-state index is 2.76. The monoisotopic (exact) mass is 326 g/mol. The van der Waals surface area contributed by atoms with Crippen LogP contribution in [0.2, 0.25) is 0 Å². The van der Waals surface area contributed by atoms with Crippen LogP contribution in [0, 0.1) is 64.1 Å². The zero-order valence-corrected chi connectivity index (χ0v) is 16.3. The predicted molar refractivity (Wildman–Crippen MR) is 99.5 cm³/mol. The van der Waals surface area contributed by atoms with E-state index in [0.717, 1.165) is 47.3 Å². The maximum Gasteiger partial charge on any atom is -0.0240 e. The number of hydrogen-bond donors (Lipinski definition) is 0. The Balaban J connectivity index is 1.26. The van der Waals surface area contributed by atoms with E-state index in [2.05, 4.69) is 20.8 Å². The molecule has 6 rings (SSSR count). The lowest BCUT2D eigenvalue weighted by molar-refractivity contribution is -0.0536. The summed E-state index contributed by atoms with van der Waals surface area (Å²) in [5.41, 5.74) is 1.24. The van der Waals surface area contributed by atoms with E-state index in [1.54, 1.807) is 64.2 Å². The molecule has 6 fully saturated rings. The zero-order chi connectivity index (χ0) is 16.3. The van der Waals surface area contributed by atoms with Crippen LogP contribution in [0.15, 0.2) is 0 Å². The maximum absolute atomic E-state index is 2.76. The number of hydrogen-bond acceptors (Lipinski definition) is 0. The van der Waals surface area contributed by atoms with Gasteiger partial charge in [0.2, 0.25) is 0 Å². The fourth-order valence-corrected chi connectivity index (χ4v) is 10.2. The van der Waals surface area contributed by atoms with E-state index >= 15 is 0 Å². The van der Waals surface area contributed by atoms with Crippen LogP contribution in [0.5, 0.6) is 0 Å². The van der Waals surface area contributed by atoms with Crippen molar-refractivity contribution in [1.29, 1.82) is 0 Å². The first-order valence-electron chi connectivity index (χ1n) is 11.5. The number of fused-ring (bicyclic) bond motifs is 11. The summed E-state index contributed by atoms with van der Waals surface area (Å²) in [6.07, 6.45) is 15.9. The number of rotatable bonds is 3. The second kappa shape index (κ2) is 4.64. The van der Waals surface area contributed by atoms with Gasteiger partial charge in [-0.15, -0.1) is 0 Å². The summed E-state index contributed by atoms with van der Waals surface area (Å²) in [5, 5.41) is 0. The molecule has 0 aromatic carbocycles. The summed E-state index contributed by atoms with van der Waals surface area (Å²) in [7, 11) is 0. The Labute approximate surface area is 149 Å². The smallest absolute Gasteiger partial charge is 0.0240 e. The first-order valence-corrected chi connectivity index (χ1v) is 11.5. The molecule has 6 aliphatic carbocycles. The minimum absolute atomic E-state index is 0.578. The van der Waals surface area contributed by atoms with Crippen molar-refractivity contribution in [2.45, 2.75) is 85.0 Å². The Hall–Kier alpha value is 0. The highest BCUT2D eigenvalue weighted by atomic mass is 14.7. The van der Waals surface area contributed by atoms with Gasteiger partial charge in [0.25, 0.3) is 0 Å². The van der Waals surface area contributed by atoms with E-state index in [0.29, 0.717) is 10.8 Å². The van der Waals surface area contributed by atoms with Crippen LogP contribution >= 0.6 is 0 Å². The molecule has 10 atom stereocenters. The summed E-state index contributed by atoms with van der Waals surface area (Å²) in [6, 6.07) is 0. The van der Waals surface area contributed by atoms with Gasteiger partial charge in [-0.1, -0.05) is 27.2 Å². The standard InChI is InChI=1S/C24H38/c1-23(2,12-18-9-14-4-5-15(18)8-14)24(3)13-19-11-20(24)22-17-7-6-16(10-17)21(19)22/h14-22H,4-13H2,1-3H3. The first-order chi connectivity index (χ1) is 11.5. The third-order valence-electron chi connectivity index (χ3n) is 11.3. The van der Waals surface area contributed by atoms with Gasteiger partial charge in [0.05, 0.1) is 0 Å². The van der Waals surface area contributed by atoms with Crippen molar-refractivity contribution in [3.8, 4) is 0 Å². The molecule has 134 valence electrons. The van der Waals surface area contributed by atoms with Gasteiger partial charge < -0.3 is 0 Å². The SMILES string of the molecule is CC(C)(CC1CC2CCC1C2)C1(C)CC2CC1C1C3CCC(C3)C21. The molecule has 0 saturated heterocycles. The van der Waals surface area contributed by atoms with Crippen molar-refractivity contribution in [2.75, 3.05) is 0 Å². The second-order valence-electron chi connectivity index (χ2n) is 12.2. The summed E-state index contributed by atoms with van der Waals surface area (Å²) < 4.78 is 0. The molecular weight excluding hydrogens is 288 g/mol. The van der Waals surface area contributed by atoms with E-state index in [9.17, 15) is 0 Å². The molecule has 0 amide bonds. The van der Waals surface area contributed by atoms with Crippen molar-refractivity contribution >= 4 is 0 Å². The van der Waals surface area contributed by atoms with Gasteiger partial charge in [-0.3, -0.25) is 0 Å². The summed E-state index contributed by atoms with van der Waals surface area (Å²) >= 11 is 0. The molecule has 0 heteroatoms. The van der Waals surface area contributed by atoms with E-state index in [-0.39, 0.29) is 0 Å². The molecule has 0 aliphatic heterocycles. The Bertz CT molecular complexity index is 546. The zero-order valence-electron chi connectivity index (χ0n) is 16.3. The Morgan fingerprint density at radius 3 is 2.25 bits per heavy atom. The van der Waals surface area contributed by atoms with Gasteiger partial charge >= 0.3 is 0 Å². The van der Waals surface area contributed by atoms with E-state index in [1.807, 2.05) is 0 Å². The summed E-state index contributed by atoms with van der Waals surface area (Å²) in [4.78, 5) is 0. The molecule has 0 nitrogen and oxygen atoms in total. The minimum Gasteiger partial charge on any atom is -0.0594 e. The second-order valence-corrected chi connectivity index (χ2v) is 12.2. The average molecular weight is 327 g/mol. The van der Waals surface area contributed by atoms with Crippen LogP contribution in [0.25, 0.3) is 0 Å². The van der Waals surface area contributed by atoms with Crippen molar-refractivity contribution < 1.29 is 0 Å². The molecule has 6 bridgehead atoms. The minimum atomic E-state index is 0.578. The van der Waals surface area contributed by atoms with Crippen LogP contribution in [-0.2, 0) is 0 Å². The van der Waals surface area contributed by atoms with E-state index in [4.69, 9.17) is 0 Å². The highest BCUT2D eigenvalue weighted by Crippen LogP contribution is 2.75. The normalized spacial score (nSPS) is 60.4. The molecule has 0 N–H and O–H groups in total. The van der Waals surface area contributed by atoms with Crippen LogP contribution in [0.4, 0.5) is 0 Å². The molecular formula is C24H38. The molecule has 6 saturated carbocycles. The van der Waals surface area contributed by atoms with Crippen LogP contribution in [-0.4, -0.2) is 0 Å². The van der Waals surface area contributed by atoms with Crippen molar-refractivity contribution in [3.05, 3.63) is 0 Å². The molecule has 24 heavy (non-hydrogen) atoms. The molecule has 6 aliphatic rings. The average Bonchev–Trinajstić information content (AvgIpc) is 3.32. The van der Waals surface area contributed by atoms with Crippen LogP contribution < -0.4 is 0 Å². The Kier molecular flexibility index (Phi) is 2.92. The van der Waals surface area contributed by atoms with E-state index in [1.165, 1.54) is 5.92 Å². The van der Waals surface area contributed by atoms with Crippen LogP contribution in [0.3, 0.4) is 0 Å². The van der Waals surface area contributed by atoms with Gasteiger partial charge in [0.15, 0.2) is 0 Å². The highest BCUT2D eigenvalue weighted by Gasteiger charge is 2.68. The van der Waals surface area contributed by atoms with Gasteiger partial charge in [0.1, 0.15) is 0 Å². The van der Waals surface area contributed by atoms with Crippen LogP contribution in [0.1, 0.15) is 85.0 Å². The summed E-state index contributed by atoms with van der Waals surface area (Å²) in [6.45, 7) is 8.15. The van der Waals surface area contributed by atoms with Gasteiger partial charge in [-0.2, -0.15) is 0 Å². The molecule has 0 aromatic heterocycles. The van der Waals surface area contributed by atoms with Gasteiger partial charge in [-0.05, 0) is 122 Å². The van der Waals surface area contributed by atoms with Crippen molar-refractivity contribution in [3.63, 3.8) is 0 Å². The summed E-state index contributed by atoms with van der Waals surface area (Å²) in [5.74, 6) is 10.2. The van der Waals surface area contributed by atoms with Gasteiger partial charge in [-0.25, -0.2) is 0 Å². The third kappa shape index (κ3) is 1.72. The highest BCUT2D eigenvalue weighted by molar-refractivity contribution is 5.16. The molecule has 0 aromatic rings. The largest absolute Gasteiger partial charge is 0.0594 e. The first kappa shape index (κ1) is 15.1. The topological polar surface area (TPSA) is 0 Å². The molecule has 0 radical (unpaired) electrons. The third-order valence-corrected chi connectivity index (χ3v) is 11.3.